The van der Waals surface area contributed by atoms with E-state index in [2.05, 4.69) is 0 Å². The van der Waals surface area contributed by atoms with Crippen molar-refractivity contribution in [1.82, 2.24) is 4.90 Å². The van der Waals surface area contributed by atoms with Gasteiger partial charge < -0.3 is 10.6 Å². The number of nitrogens with two attached hydrogens (primary N) is 1. The number of hydrogen-bond acceptors (Lipinski definition) is 2. The zero-order valence-electron chi connectivity index (χ0n) is 7.92. The number of amides is 2. The molecule has 4 heteroatoms. The van der Waals surface area contributed by atoms with E-state index in [1.807, 2.05) is 0 Å². The zero-order chi connectivity index (χ0) is 9.89. The molecule has 0 spiro atoms. The second-order valence-corrected chi connectivity index (χ2v) is 3.15. The second kappa shape index (κ2) is 4.09. The van der Waals surface area contributed by atoms with E-state index in [9.17, 15) is 9.59 Å². The minimum atomic E-state index is -0.778. The lowest BCUT2D eigenvalue weighted by Gasteiger charge is -2.19. The van der Waals surface area contributed by atoms with Gasteiger partial charge in [-0.05, 0) is 5.92 Å². The first-order valence-corrected chi connectivity index (χ1v) is 3.68. The van der Waals surface area contributed by atoms with E-state index < -0.39 is 11.8 Å². The summed E-state index contributed by atoms with van der Waals surface area (Å²) in [5.41, 5.74) is 5.07. The summed E-state index contributed by atoms with van der Waals surface area (Å²) < 4.78 is 0. The third-order valence-corrected chi connectivity index (χ3v) is 1.55. The first-order valence-electron chi connectivity index (χ1n) is 3.68. The van der Waals surface area contributed by atoms with Gasteiger partial charge in [0.15, 0.2) is 0 Å². The summed E-state index contributed by atoms with van der Waals surface area (Å²) in [7, 11) is 3.20. The highest BCUT2D eigenvalue weighted by atomic mass is 16.2. The van der Waals surface area contributed by atoms with Crippen molar-refractivity contribution in [3.8, 4) is 0 Å². The normalized spacial score (nSPS) is 12.8. The van der Waals surface area contributed by atoms with E-state index in [-0.39, 0.29) is 5.91 Å². The van der Waals surface area contributed by atoms with Crippen LogP contribution in [-0.2, 0) is 9.59 Å². The van der Waals surface area contributed by atoms with Crippen molar-refractivity contribution in [3.05, 3.63) is 5.92 Å². The Morgan fingerprint density at radius 1 is 1.25 bits per heavy atom. The van der Waals surface area contributed by atoms with Crippen LogP contribution in [-0.4, -0.2) is 30.8 Å². The Morgan fingerprint density at radius 3 is 1.75 bits per heavy atom. The Hall–Kier alpha value is -1.06. The zero-order valence-corrected chi connectivity index (χ0v) is 7.92. The van der Waals surface area contributed by atoms with E-state index in [0.717, 1.165) is 5.92 Å². The van der Waals surface area contributed by atoms with Crippen molar-refractivity contribution in [2.45, 2.75) is 13.8 Å². The Balaban J connectivity index is 4.52. The summed E-state index contributed by atoms with van der Waals surface area (Å²) in [4.78, 5) is 23.5. The predicted molar refractivity (Wildman–Crippen MR) is 46.0 cm³/mol. The highest BCUT2D eigenvalue weighted by molar-refractivity contribution is 6.01. The molecule has 0 fully saturated rings. The molecule has 0 aliphatic rings. The first kappa shape index (κ1) is 10.9. The van der Waals surface area contributed by atoms with Crippen molar-refractivity contribution in [1.29, 1.82) is 0 Å². The number of carbonyl (C=O) groups excluding carboxylic acids is 2. The molecule has 12 heavy (non-hydrogen) atoms. The summed E-state index contributed by atoms with van der Waals surface area (Å²) >= 11 is 0. The number of nitrogens with zero attached hydrogens (tertiary/aromatic N) is 1. The second-order valence-electron chi connectivity index (χ2n) is 3.15. The van der Waals surface area contributed by atoms with Gasteiger partial charge in [-0.3, -0.25) is 9.59 Å². The molecule has 0 saturated heterocycles. The van der Waals surface area contributed by atoms with Gasteiger partial charge >= 0.3 is 0 Å². The molecule has 0 saturated carbocycles. The van der Waals surface area contributed by atoms with E-state index >= 15 is 0 Å². The van der Waals surface area contributed by atoms with Crippen molar-refractivity contribution in [2.24, 2.45) is 11.7 Å². The number of carbonyl (C=O) groups is 2. The molecule has 2 amide bonds. The van der Waals surface area contributed by atoms with Gasteiger partial charge in [-0.2, -0.15) is 0 Å². The van der Waals surface area contributed by atoms with Crippen LogP contribution >= 0.6 is 0 Å². The maximum absolute atomic E-state index is 11.3. The quantitative estimate of drug-likeness (QED) is 0.597. The molecule has 4 nitrogen and oxygen atoms in total. The highest BCUT2D eigenvalue weighted by Gasteiger charge is 2.29. The van der Waals surface area contributed by atoms with Gasteiger partial charge in [-0.25, -0.2) is 0 Å². The fourth-order valence-corrected chi connectivity index (χ4v) is 0.911. The lowest BCUT2D eigenvalue weighted by Crippen LogP contribution is -2.40. The molecule has 69 valence electrons. The molecule has 0 aliphatic carbocycles. The Bertz CT molecular complexity index is 187. The number of hydrogen-bond donors (Lipinski definition) is 1. The van der Waals surface area contributed by atoms with Gasteiger partial charge in [0.2, 0.25) is 11.8 Å². The van der Waals surface area contributed by atoms with Crippen LogP contribution in [0.5, 0.6) is 0 Å². The summed E-state index contributed by atoms with van der Waals surface area (Å²) in [6, 6.07) is 0. The van der Waals surface area contributed by atoms with Gasteiger partial charge in [0.05, 0.1) is 0 Å². The maximum Gasteiger partial charge on any atom is 0.235 e. The molecular formula is C8H15N2O2. The van der Waals surface area contributed by atoms with Crippen LogP contribution in [0.3, 0.4) is 0 Å². The van der Waals surface area contributed by atoms with Crippen LogP contribution in [0.25, 0.3) is 0 Å². The van der Waals surface area contributed by atoms with Gasteiger partial charge in [0.1, 0.15) is 5.92 Å². The summed E-state index contributed by atoms with van der Waals surface area (Å²) in [6.07, 6.45) is 0. The highest BCUT2D eigenvalue weighted by Crippen LogP contribution is 2.14. The fraction of sp³-hybridized carbons (Fsp3) is 0.625. The molecule has 1 atom stereocenters. The van der Waals surface area contributed by atoms with Gasteiger partial charge in [-0.15, -0.1) is 0 Å². The Kier molecular flexibility index (Phi) is 3.73. The van der Waals surface area contributed by atoms with E-state index in [1.165, 1.54) is 4.90 Å². The van der Waals surface area contributed by atoms with Crippen molar-refractivity contribution in [3.63, 3.8) is 0 Å². The number of rotatable bonds is 3. The van der Waals surface area contributed by atoms with Gasteiger partial charge in [0.25, 0.3) is 0 Å². The minimum absolute atomic E-state index is 0.262. The summed E-state index contributed by atoms with van der Waals surface area (Å²) in [6.45, 7) is 3.44. The molecule has 0 bridgehead atoms. The third kappa shape index (κ3) is 2.53. The lowest BCUT2D eigenvalue weighted by atomic mass is 9.94. The minimum Gasteiger partial charge on any atom is -0.369 e. The van der Waals surface area contributed by atoms with Crippen LogP contribution in [0.1, 0.15) is 13.8 Å². The molecule has 0 unspecified atom stereocenters. The lowest BCUT2D eigenvalue weighted by molar-refractivity contribution is -0.138. The van der Waals surface area contributed by atoms with Crippen LogP contribution in [0.4, 0.5) is 0 Å². The summed E-state index contributed by atoms with van der Waals surface area (Å²) in [5, 5.41) is 0. The average molecular weight is 171 g/mol. The van der Waals surface area contributed by atoms with Gasteiger partial charge in [-0.1, -0.05) is 13.8 Å². The maximum atomic E-state index is 11.3. The fourth-order valence-electron chi connectivity index (χ4n) is 0.911. The Morgan fingerprint density at radius 2 is 1.67 bits per heavy atom. The van der Waals surface area contributed by atoms with Gasteiger partial charge in [0, 0.05) is 14.1 Å². The van der Waals surface area contributed by atoms with Crippen LogP contribution in [0.15, 0.2) is 0 Å². The van der Waals surface area contributed by atoms with E-state index in [1.54, 1.807) is 27.9 Å². The largest absolute Gasteiger partial charge is 0.369 e. The molecular weight excluding hydrogens is 156 g/mol. The Labute approximate surface area is 72.7 Å². The molecule has 0 aliphatic heterocycles. The summed E-state index contributed by atoms with van der Waals surface area (Å²) in [5.74, 6) is -0.905. The van der Waals surface area contributed by atoms with Crippen molar-refractivity contribution >= 4 is 11.8 Å². The monoisotopic (exact) mass is 171 g/mol. The predicted octanol–water partition coefficient (Wildman–Crippen LogP) is -0.210. The first-order chi connectivity index (χ1) is 5.37. The molecule has 1 radical (unpaired) electrons. The average Bonchev–Trinajstić information content (AvgIpc) is 1.85. The topological polar surface area (TPSA) is 63.4 Å². The third-order valence-electron chi connectivity index (χ3n) is 1.55. The van der Waals surface area contributed by atoms with Crippen molar-refractivity contribution < 1.29 is 9.59 Å². The van der Waals surface area contributed by atoms with Crippen molar-refractivity contribution in [2.75, 3.05) is 14.1 Å². The molecule has 0 aromatic carbocycles. The smallest absolute Gasteiger partial charge is 0.235 e. The molecule has 0 heterocycles. The molecule has 0 aromatic rings. The van der Waals surface area contributed by atoms with Crippen LogP contribution in [0.2, 0.25) is 0 Å². The van der Waals surface area contributed by atoms with E-state index in [4.69, 9.17) is 5.73 Å². The molecule has 0 aromatic heterocycles. The van der Waals surface area contributed by atoms with E-state index in [0.29, 0.717) is 0 Å². The molecule has 2 N–H and O–H groups in total. The molecule has 0 rings (SSSR count). The number of primary amides is 1. The van der Waals surface area contributed by atoms with Crippen LogP contribution in [0, 0.1) is 11.8 Å². The standard InChI is InChI=1S/C8H15N2O2/c1-5(2)6(7(9)11)8(12)10(3)4/h6H,1-4H3,(H2,9,11)/t6-/m0/s1. The SMILES string of the molecule is C[C](C)[C@@H](C(N)=O)C(=O)N(C)C. The van der Waals surface area contributed by atoms with Crippen LogP contribution < -0.4 is 5.73 Å².